The highest BCUT2D eigenvalue weighted by atomic mass is 16.5. The molecule has 1 fully saturated rings. The number of methoxy groups -OCH3 is 1. The summed E-state index contributed by atoms with van der Waals surface area (Å²) >= 11 is 0. The Morgan fingerprint density at radius 2 is 1.94 bits per heavy atom. The molecule has 0 unspecified atom stereocenters. The van der Waals surface area contributed by atoms with Crippen LogP contribution < -0.4 is 10.1 Å². The van der Waals surface area contributed by atoms with E-state index in [-0.39, 0.29) is 11.8 Å². The van der Waals surface area contributed by atoms with Gasteiger partial charge in [0.05, 0.1) is 7.11 Å². The minimum absolute atomic E-state index is 0.0999. The molecular formula is C26H31N3O2. The molecule has 1 atom stereocenters. The molecule has 1 aliphatic heterocycles. The lowest BCUT2D eigenvalue weighted by atomic mass is 9.92. The highest BCUT2D eigenvalue weighted by Crippen LogP contribution is 2.31. The lowest BCUT2D eigenvalue weighted by molar-refractivity contribution is -0.126. The topological polar surface area (TPSA) is 54.5 Å². The number of hydrogen-bond donors (Lipinski definition) is 1. The first-order valence-corrected chi connectivity index (χ1v) is 11.1. The second kappa shape index (κ2) is 9.92. The van der Waals surface area contributed by atoms with Crippen LogP contribution in [-0.4, -0.2) is 42.5 Å². The largest absolute Gasteiger partial charge is 0.481 e. The summed E-state index contributed by atoms with van der Waals surface area (Å²) in [5.41, 5.74) is 2.49. The molecule has 0 saturated carbocycles. The van der Waals surface area contributed by atoms with Crippen molar-refractivity contribution < 1.29 is 9.53 Å². The number of carbonyl (C=O) groups excluding carboxylic acids is 1. The van der Waals surface area contributed by atoms with Crippen LogP contribution in [0.1, 0.15) is 36.9 Å². The van der Waals surface area contributed by atoms with Crippen molar-refractivity contribution in [3.63, 3.8) is 0 Å². The quantitative estimate of drug-likeness (QED) is 0.620. The van der Waals surface area contributed by atoms with E-state index in [1.54, 1.807) is 13.3 Å². The highest BCUT2D eigenvalue weighted by Gasteiger charge is 2.28. The van der Waals surface area contributed by atoms with Crippen LogP contribution in [0.3, 0.4) is 0 Å². The number of pyridine rings is 1. The molecule has 0 aliphatic carbocycles. The minimum Gasteiger partial charge on any atom is -0.481 e. The van der Waals surface area contributed by atoms with E-state index in [9.17, 15) is 4.79 Å². The van der Waals surface area contributed by atoms with Crippen LogP contribution in [0.5, 0.6) is 5.88 Å². The molecule has 0 spiro atoms. The number of nitrogens with one attached hydrogen (secondary N) is 1. The average molecular weight is 418 g/mol. The Bertz CT molecular complexity index is 1020. The second-order valence-electron chi connectivity index (χ2n) is 8.30. The van der Waals surface area contributed by atoms with Crippen LogP contribution in [0.2, 0.25) is 0 Å². The number of hydrogen-bond acceptors (Lipinski definition) is 4. The Labute approximate surface area is 184 Å². The van der Waals surface area contributed by atoms with Crippen LogP contribution >= 0.6 is 0 Å². The number of amides is 1. The number of piperidine rings is 1. The maximum absolute atomic E-state index is 12.7. The second-order valence-corrected chi connectivity index (χ2v) is 8.30. The van der Waals surface area contributed by atoms with Crippen LogP contribution in [-0.2, 0) is 11.2 Å². The fourth-order valence-electron chi connectivity index (χ4n) is 4.55. The zero-order chi connectivity index (χ0) is 21.6. The molecule has 1 amide bonds. The molecule has 2 heterocycles. The van der Waals surface area contributed by atoms with Crippen molar-refractivity contribution in [2.75, 3.05) is 26.7 Å². The first kappa shape index (κ1) is 21.3. The lowest BCUT2D eigenvalue weighted by Gasteiger charge is -2.36. The first-order valence-electron chi connectivity index (χ1n) is 11.1. The number of aromatic nitrogens is 1. The van der Waals surface area contributed by atoms with Gasteiger partial charge in [-0.05, 0) is 67.2 Å². The SMILES string of the molecule is COc1cc(CCNC(=O)C2CCN([C@H](C)c3cccc4ccccc34)CC2)ccn1. The van der Waals surface area contributed by atoms with Gasteiger partial charge in [-0.2, -0.15) is 0 Å². The Kier molecular flexibility index (Phi) is 6.82. The smallest absolute Gasteiger partial charge is 0.223 e. The van der Waals surface area contributed by atoms with Gasteiger partial charge in [0.15, 0.2) is 0 Å². The van der Waals surface area contributed by atoms with Crippen molar-refractivity contribution >= 4 is 16.7 Å². The highest BCUT2D eigenvalue weighted by molar-refractivity contribution is 5.86. The average Bonchev–Trinajstić information content (AvgIpc) is 2.83. The van der Waals surface area contributed by atoms with E-state index in [4.69, 9.17) is 4.74 Å². The molecule has 162 valence electrons. The Balaban J connectivity index is 1.28. The Morgan fingerprint density at radius 3 is 2.74 bits per heavy atom. The summed E-state index contributed by atoms with van der Waals surface area (Å²) in [6.07, 6.45) is 4.33. The number of fused-ring (bicyclic) bond motifs is 1. The summed E-state index contributed by atoms with van der Waals surface area (Å²) in [6.45, 7) is 4.82. The van der Waals surface area contributed by atoms with E-state index in [0.29, 0.717) is 18.5 Å². The molecule has 4 rings (SSSR count). The van der Waals surface area contributed by atoms with Crippen LogP contribution in [0.4, 0.5) is 0 Å². The molecule has 1 saturated heterocycles. The normalized spacial score (nSPS) is 16.2. The summed E-state index contributed by atoms with van der Waals surface area (Å²) in [7, 11) is 1.61. The molecule has 1 aromatic heterocycles. The summed E-state index contributed by atoms with van der Waals surface area (Å²) in [4.78, 5) is 19.3. The molecular weight excluding hydrogens is 386 g/mol. The van der Waals surface area contributed by atoms with Gasteiger partial charge in [0, 0.05) is 30.8 Å². The van der Waals surface area contributed by atoms with Crippen molar-refractivity contribution in [3.05, 3.63) is 71.9 Å². The van der Waals surface area contributed by atoms with E-state index in [0.717, 1.165) is 37.9 Å². The lowest BCUT2D eigenvalue weighted by Crippen LogP contribution is -2.41. The summed E-state index contributed by atoms with van der Waals surface area (Å²) in [5, 5.41) is 5.73. The molecule has 0 radical (unpaired) electrons. The zero-order valence-electron chi connectivity index (χ0n) is 18.4. The number of benzene rings is 2. The predicted octanol–water partition coefficient (Wildman–Crippen LogP) is 4.38. The molecule has 1 N–H and O–H groups in total. The van der Waals surface area contributed by atoms with Crippen molar-refractivity contribution in [3.8, 4) is 5.88 Å². The minimum atomic E-state index is 0.0999. The predicted molar refractivity (Wildman–Crippen MR) is 124 cm³/mol. The van der Waals surface area contributed by atoms with Crippen molar-refractivity contribution in [1.29, 1.82) is 0 Å². The monoisotopic (exact) mass is 417 g/mol. The number of carbonyl (C=O) groups is 1. The van der Waals surface area contributed by atoms with Gasteiger partial charge >= 0.3 is 0 Å². The third-order valence-corrected chi connectivity index (χ3v) is 6.44. The molecule has 0 bridgehead atoms. The molecule has 31 heavy (non-hydrogen) atoms. The van der Waals surface area contributed by atoms with Crippen molar-refractivity contribution in [1.82, 2.24) is 15.2 Å². The van der Waals surface area contributed by atoms with Crippen LogP contribution in [0, 0.1) is 5.92 Å². The van der Waals surface area contributed by atoms with Crippen LogP contribution in [0.25, 0.3) is 10.8 Å². The third-order valence-electron chi connectivity index (χ3n) is 6.44. The van der Waals surface area contributed by atoms with E-state index >= 15 is 0 Å². The fourth-order valence-corrected chi connectivity index (χ4v) is 4.55. The van der Waals surface area contributed by atoms with Gasteiger partial charge in [-0.3, -0.25) is 9.69 Å². The first-order chi connectivity index (χ1) is 15.2. The molecule has 1 aliphatic rings. The van der Waals surface area contributed by atoms with Gasteiger partial charge < -0.3 is 10.1 Å². The van der Waals surface area contributed by atoms with E-state index in [1.165, 1.54) is 16.3 Å². The molecule has 5 heteroatoms. The summed E-state index contributed by atoms with van der Waals surface area (Å²) in [6, 6.07) is 19.3. The number of nitrogens with zero attached hydrogens (tertiary/aromatic N) is 2. The maximum Gasteiger partial charge on any atom is 0.223 e. The van der Waals surface area contributed by atoms with E-state index < -0.39 is 0 Å². The maximum atomic E-state index is 12.7. The fraction of sp³-hybridized carbons (Fsp3) is 0.385. The standard InChI is InChI=1S/C26H31N3O2/c1-19(23-9-5-7-21-6-3-4-8-24(21)23)29-16-12-22(13-17-29)26(30)28-15-11-20-10-14-27-25(18-20)31-2/h3-10,14,18-19,22H,11-13,15-17H2,1-2H3,(H,28,30)/t19-/m1/s1. The van der Waals surface area contributed by atoms with Gasteiger partial charge in [-0.15, -0.1) is 0 Å². The molecule has 3 aromatic rings. The number of likely N-dealkylation sites (tertiary alicyclic amines) is 1. The van der Waals surface area contributed by atoms with Crippen molar-refractivity contribution in [2.45, 2.75) is 32.2 Å². The van der Waals surface area contributed by atoms with Gasteiger partial charge in [0.2, 0.25) is 11.8 Å². The van der Waals surface area contributed by atoms with Gasteiger partial charge in [0.1, 0.15) is 0 Å². The van der Waals surface area contributed by atoms with Gasteiger partial charge in [-0.25, -0.2) is 4.98 Å². The van der Waals surface area contributed by atoms with Crippen LogP contribution in [0.15, 0.2) is 60.8 Å². The van der Waals surface area contributed by atoms with Gasteiger partial charge in [-0.1, -0.05) is 42.5 Å². The van der Waals surface area contributed by atoms with E-state index in [2.05, 4.69) is 64.6 Å². The number of ether oxygens (including phenoxy) is 1. The summed E-state index contributed by atoms with van der Waals surface area (Å²) < 4.78 is 5.16. The van der Waals surface area contributed by atoms with E-state index in [1.807, 2.05) is 12.1 Å². The Morgan fingerprint density at radius 1 is 1.16 bits per heavy atom. The molecule has 2 aromatic carbocycles. The van der Waals surface area contributed by atoms with Gasteiger partial charge in [0.25, 0.3) is 0 Å². The zero-order valence-corrected chi connectivity index (χ0v) is 18.4. The Hall–Kier alpha value is -2.92. The number of rotatable bonds is 7. The van der Waals surface area contributed by atoms with Crippen molar-refractivity contribution in [2.24, 2.45) is 5.92 Å². The third kappa shape index (κ3) is 5.05. The summed E-state index contributed by atoms with van der Waals surface area (Å²) in [5.74, 6) is 0.887. The molecule has 5 nitrogen and oxygen atoms in total.